The Labute approximate surface area is 361 Å². The molecule has 0 bridgehead atoms. The maximum Gasteiger partial charge on any atom is 0.306 e. The van der Waals surface area contributed by atoms with Crippen molar-refractivity contribution >= 4 is 17.9 Å². The van der Waals surface area contributed by atoms with E-state index in [4.69, 9.17) is 14.2 Å². The van der Waals surface area contributed by atoms with Gasteiger partial charge in [-0.15, -0.1) is 0 Å². The minimum absolute atomic E-state index is 0.0630. The maximum absolute atomic E-state index is 12.7. The van der Waals surface area contributed by atoms with Crippen molar-refractivity contribution in [3.63, 3.8) is 0 Å². The van der Waals surface area contributed by atoms with Crippen LogP contribution in [0, 0.1) is 0 Å². The molecule has 0 heterocycles. The van der Waals surface area contributed by atoms with Crippen LogP contribution in [-0.2, 0) is 28.6 Å². The third-order valence-electron chi connectivity index (χ3n) is 11.9. The predicted molar refractivity (Wildman–Crippen MR) is 247 cm³/mol. The van der Waals surface area contributed by atoms with Crippen LogP contribution in [0.4, 0.5) is 0 Å². The number of ether oxygens (including phenoxy) is 3. The van der Waals surface area contributed by atoms with Crippen molar-refractivity contribution in [2.24, 2.45) is 0 Å². The zero-order valence-electron chi connectivity index (χ0n) is 39.3. The fraction of sp³-hybridized carbons (Fsp3) is 0.942. The van der Waals surface area contributed by atoms with Crippen molar-refractivity contribution in [3.05, 3.63) is 0 Å². The molecule has 6 nitrogen and oxygen atoms in total. The van der Waals surface area contributed by atoms with E-state index in [1.165, 1.54) is 193 Å². The Kier molecular flexibility index (Phi) is 46.8. The topological polar surface area (TPSA) is 78.9 Å². The molecule has 0 aromatic heterocycles. The van der Waals surface area contributed by atoms with Gasteiger partial charge >= 0.3 is 17.9 Å². The van der Waals surface area contributed by atoms with Crippen molar-refractivity contribution in [3.8, 4) is 0 Å². The third-order valence-corrected chi connectivity index (χ3v) is 11.9. The second kappa shape index (κ2) is 48.1. The smallest absolute Gasteiger partial charge is 0.306 e. The van der Waals surface area contributed by atoms with Crippen LogP contribution in [0.25, 0.3) is 0 Å². The van der Waals surface area contributed by atoms with Crippen LogP contribution in [0.5, 0.6) is 0 Å². The molecule has 6 heteroatoms. The van der Waals surface area contributed by atoms with Gasteiger partial charge in [0.1, 0.15) is 13.2 Å². The maximum atomic E-state index is 12.7. The van der Waals surface area contributed by atoms with E-state index in [0.717, 1.165) is 64.2 Å². The number of carbonyl (C=O) groups is 3. The molecular formula is C52H100O6. The highest BCUT2D eigenvalue weighted by Gasteiger charge is 2.19. The summed E-state index contributed by atoms with van der Waals surface area (Å²) in [5, 5.41) is 0. The average molecular weight is 821 g/mol. The number of hydrogen-bond donors (Lipinski definition) is 0. The van der Waals surface area contributed by atoms with E-state index in [2.05, 4.69) is 20.8 Å². The van der Waals surface area contributed by atoms with Gasteiger partial charge in [0.25, 0.3) is 0 Å². The summed E-state index contributed by atoms with van der Waals surface area (Å²) in [6, 6.07) is 0. The second-order valence-corrected chi connectivity index (χ2v) is 17.8. The van der Waals surface area contributed by atoms with Crippen LogP contribution in [0.2, 0.25) is 0 Å². The average Bonchev–Trinajstić information content (AvgIpc) is 3.22. The number of hydrogen-bond acceptors (Lipinski definition) is 6. The lowest BCUT2D eigenvalue weighted by Gasteiger charge is -2.18. The van der Waals surface area contributed by atoms with Gasteiger partial charge in [-0.1, -0.05) is 258 Å². The standard InChI is InChI=1S/C52H100O6/c1-4-7-10-13-15-17-19-21-23-25-27-28-30-32-34-36-39-42-45-51(54)57-48-49(47-56-50(53)44-41-38-12-9-6-3)58-52(55)46-43-40-37-35-33-31-29-26-24-22-20-18-16-14-11-8-5-2/h49H,4-48H2,1-3H3/t49-/m1/s1. The third kappa shape index (κ3) is 45.5. The molecule has 0 aromatic rings. The molecule has 0 saturated carbocycles. The lowest BCUT2D eigenvalue weighted by Crippen LogP contribution is -2.30. The predicted octanol–water partition coefficient (Wildman–Crippen LogP) is 16.8. The lowest BCUT2D eigenvalue weighted by molar-refractivity contribution is -0.167. The lowest BCUT2D eigenvalue weighted by atomic mass is 10.0. The van der Waals surface area contributed by atoms with Gasteiger partial charge in [0.2, 0.25) is 0 Å². The molecule has 0 rings (SSSR count). The normalized spacial score (nSPS) is 11.8. The largest absolute Gasteiger partial charge is 0.462 e. The Morgan fingerprint density at radius 1 is 0.276 bits per heavy atom. The molecule has 0 unspecified atom stereocenters. The fourth-order valence-electron chi connectivity index (χ4n) is 7.92. The molecule has 0 aliphatic heterocycles. The molecule has 0 aromatic carbocycles. The first-order valence-corrected chi connectivity index (χ1v) is 26.0. The minimum atomic E-state index is -0.758. The van der Waals surface area contributed by atoms with Gasteiger partial charge in [0.15, 0.2) is 6.10 Å². The summed E-state index contributed by atoms with van der Waals surface area (Å²) in [5.74, 6) is -0.857. The first-order valence-electron chi connectivity index (χ1n) is 26.0. The summed E-state index contributed by atoms with van der Waals surface area (Å²) in [5.41, 5.74) is 0. The van der Waals surface area contributed by atoms with E-state index >= 15 is 0 Å². The molecule has 0 saturated heterocycles. The van der Waals surface area contributed by atoms with Gasteiger partial charge in [-0.25, -0.2) is 0 Å². The zero-order valence-corrected chi connectivity index (χ0v) is 39.3. The van der Waals surface area contributed by atoms with Crippen molar-refractivity contribution in [2.45, 2.75) is 303 Å². The van der Waals surface area contributed by atoms with Crippen molar-refractivity contribution in [2.75, 3.05) is 13.2 Å². The fourth-order valence-corrected chi connectivity index (χ4v) is 7.92. The first kappa shape index (κ1) is 56.4. The van der Waals surface area contributed by atoms with E-state index in [1.54, 1.807) is 0 Å². The molecule has 1 atom stereocenters. The number of unbranched alkanes of at least 4 members (excludes halogenated alkanes) is 37. The second-order valence-electron chi connectivity index (χ2n) is 17.8. The van der Waals surface area contributed by atoms with Crippen molar-refractivity contribution in [1.82, 2.24) is 0 Å². The van der Waals surface area contributed by atoms with Crippen molar-refractivity contribution < 1.29 is 28.6 Å². The van der Waals surface area contributed by atoms with E-state index in [0.29, 0.717) is 19.3 Å². The number of esters is 3. The summed E-state index contributed by atoms with van der Waals surface area (Å²) >= 11 is 0. The van der Waals surface area contributed by atoms with Crippen LogP contribution in [0.1, 0.15) is 297 Å². The van der Waals surface area contributed by atoms with E-state index < -0.39 is 6.10 Å². The molecule has 0 radical (unpaired) electrons. The molecule has 58 heavy (non-hydrogen) atoms. The van der Waals surface area contributed by atoms with Crippen molar-refractivity contribution in [1.29, 1.82) is 0 Å². The Morgan fingerprint density at radius 2 is 0.466 bits per heavy atom. The molecule has 0 spiro atoms. The Bertz CT molecular complexity index is 859. The Balaban J connectivity index is 4.09. The quantitative estimate of drug-likeness (QED) is 0.0346. The summed E-state index contributed by atoms with van der Waals surface area (Å²) in [4.78, 5) is 37.6. The van der Waals surface area contributed by atoms with Crippen LogP contribution < -0.4 is 0 Å². The van der Waals surface area contributed by atoms with Crippen LogP contribution in [0.3, 0.4) is 0 Å². The molecular weight excluding hydrogens is 721 g/mol. The summed E-state index contributed by atoms with van der Waals surface area (Å²) in [6.45, 7) is 6.61. The molecule has 0 amide bonds. The van der Waals surface area contributed by atoms with Gasteiger partial charge in [0.05, 0.1) is 0 Å². The van der Waals surface area contributed by atoms with Gasteiger partial charge in [-0.3, -0.25) is 14.4 Å². The number of carbonyl (C=O) groups excluding carboxylic acids is 3. The highest BCUT2D eigenvalue weighted by Crippen LogP contribution is 2.17. The van der Waals surface area contributed by atoms with E-state index in [1.807, 2.05) is 0 Å². The van der Waals surface area contributed by atoms with Gasteiger partial charge in [0, 0.05) is 19.3 Å². The molecule has 0 fully saturated rings. The highest BCUT2D eigenvalue weighted by atomic mass is 16.6. The summed E-state index contributed by atoms with van der Waals surface area (Å²) in [6.07, 6.45) is 51.3. The molecule has 344 valence electrons. The first-order chi connectivity index (χ1) is 28.5. The zero-order chi connectivity index (χ0) is 42.3. The molecule has 0 aliphatic carbocycles. The van der Waals surface area contributed by atoms with E-state index in [9.17, 15) is 14.4 Å². The SMILES string of the molecule is CCCCCCCCCCCCCCCCCCCCC(=O)OC[C@@H](COC(=O)CCCCCCC)OC(=O)CCCCCCCCCCCCCCCCCCC. The van der Waals surface area contributed by atoms with Crippen LogP contribution in [-0.4, -0.2) is 37.2 Å². The Hall–Kier alpha value is -1.59. The molecule has 0 N–H and O–H groups in total. The van der Waals surface area contributed by atoms with E-state index in [-0.39, 0.29) is 31.1 Å². The summed E-state index contributed by atoms with van der Waals surface area (Å²) < 4.78 is 16.7. The summed E-state index contributed by atoms with van der Waals surface area (Å²) in [7, 11) is 0. The molecule has 0 aliphatic rings. The van der Waals surface area contributed by atoms with Crippen LogP contribution in [0.15, 0.2) is 0 Å². The highest BCUT2D eigenvalue weighted by molar-refractivity contribution is 5.71. The van der Waals surface area contributed by atoms with Gasteiger partial charge in [-0.05, 0) is 19.3 Å². The minimum Gasteiger partial charge on any atom is -0.462 e. The number of rotatable bonds is 48. The Morgan fingerprint density at radius 3 is 0.690 bits per heavy atom. The van der Waals surface area contributed by atoms with Gasteiger partial charge < -0.3 is 14.2 Å². The monoisotopic (exact) mass is 821 g/mol. The van der Waals surface area contributed by atoms with Crippen LogP contribution >= 0.6 is 0 Å². The van der Waals surface area contributed by atoms with Gasteiger partial charge in [-0.2, -0.15) is 0 Å².